The number of imidazole rings is 1. The Bertz CT molecular complexity index is 836. The van der Waals surface area contributed by atoms with Crippen LogP contribution < -0.4 is 5.32 Å². The van der Waals surface area contributed by atoms with Crippen molar-refractivity contribution in [2.45, 2.75) is 20.4 Å². The van der Waals surface area contributed by atoms with Gasteiger partial charge >= 0.3 is 0 Å². The normalized spacial score (nSPS) is 10.7. The maximum atomic E-state index is 9.83. The summed E-state index contributed by atoms with van der Waals surface area (Å²) in [6.45, 7) is 4.76. The summed E-state index contributed by atoms with van der Waals surface area (Å²) < 4.78 is 2.03. The fourth-order valence-corrected chi connectivity index (χ4v) is 2.58. The van der Waals surface area contributed by atoms with Crippen LogP contribution in [0.1, 0.15) is 16.7 Å². The monoisotopic (exact) mass is 307 g/mol. The van der Waals surface area contributed by atoms with Gasteiger partial charge in [0, 0.05) is 24.7 Å². The molecule has 0 fully saturated rings. The van der Waals surface area contributed by atoms with Gasteiger partial charge in [-0.15, -0.1) is 0 Å². The van der Waals surface area contributed by atoms with Crippen LogP contribution in [0.15, 0.2) is 48.7 Å². The van der Waals surface area contributed by atoms with Gasteiger partial charge in [0.2, 0.25) is 5.95 Å². The molecule has 0 bridgehead atoms. The number of hydrogen-bond donors (Lipinski definition) is 2. The minimum absolute atomic E-state index is 0.295. The van der Waals surface area contributed by atoms with E-state index in [2.05, 4.69) is 42.3 Å². The van der Waals surface area contributed by atoms with Gasteiger partial charge in [-0.25, -0.2) is 4.98 Å². The van der Waals surface area contributed by atoms with E-state index in [1.54, 1.807) is 6.07 Å². The number of nitrogens with one attached hydrogen (secondary N) is 1. The molecule has 0 amide bonds. The molecule has 0 spiro atoms. The Morgan fingerprint density at radius 3 is 2.61 bits per heavy atom. The molecule has 23 heavy (non-hydrogen) atoms. The lowest BCUT2D eigenvalue weighted by Crippen LogP contribution is -2.05. The largest absolute Gasteiger partial charge is 0.508 e. The van der Waals surface area contributed by atoms with E-state index in [1.807, 2.05) is 36.0 Å². The lowest BCUT2D eigenvalue weighted by atomic mass is 10.0. The molecule has 4 heteroatoms. The Balaban J connectivity index is 1.82. The molecule has 118 valence electrons. The van der Waals surface area contributed by atoms with Crippen molar-refractivity contribution in [3.8, 4) is 17.0 Å². The molecule has 0 unspecified atom stereocenters. The fourth-order valence-electron chi connectivity index (χ4n) is 2.58. The van der Waals surface area contributed by atoms with Crippen molar-refractivity contribution in [1.82, 2.24) is 9.55 Å². The van der Waals surface area contributed by atoms with E-state index in [9.17, 15) is 5.11 Å². The molecule has 0 radical (unpaired) electrons. The predicted molar refractivity (Wildman–Crippen MR) is 93.6 cm³/mol. The highest BCUT2D eigenvalue weighted by Gasteiger charge is 2.09. The van der Waals surface area contributed by atoms with Crippen LogP contribution in [0.4, 0.5) is 5.95 Å². The molecule has 1 aromatic heterocycles. The van der Waals surface area contributed by atoms with Crippen molar-refractivity contribution < 1.29 is 5.11 Å². The molecule has 0 aliphatic carbocycles. The standard InChI is InChI=1S/C19H21N3O/c1-13-8-9-15(10-14(13)2)17-12-21-19(22(17)3)20-11-16-6-4-5-7-18(16)23/h4-10,12,23H,11H2,1-3H3,(H,20,21). The van der Waals surface area contributed by atoms with Gasteiger partial charge in [0.25, 0.3) is 0 Å². The molecule has 0 aliphatic rings. The predicted octanol–water partition coefficient (Wildman–Crippen LogP) is 4.02. The molecule has 0 aliphatic heterocycles. The zero-order chi connectivity index (χ0) is 16.4. The molecule has 0 saturated carbocycles. The van der Waals surface area contributed by atoms with E-state index in [0.29, 0.717) is 12.3 Å². The summed E-state index contributed by atoms with van der Waals surface area (Å²) in [5.74, 6) is 1.07. The molecule has 0 saturated heterocycles. The van der Waals surface area contributed by atoms with Crippen molar-refractivity contribution in [2.75, 3.05) is 5.32 Å². The van der Waals surface area contributed by atoms with Crippen LogP contribution in [-0.2, 0) is 13.6 Å². The zero-order valence-corrected chi connectivity index (χ0v) is 13.7. The molecular formula is C19H21N3O. The number of phenolic OH excluding ortho intramolecular Hbond substituents is 1. The lowest BCUT2D eigenvalue weighted by Gasteiger charge is -2.10. The molecule has 4 nitrogen and oxygen atoms in total. The molecule has 2 N–H and O–H groups in total. The van der Waals surface area contributed by atoms with Gasteiger partial charge in [0.15, 0.2) is 0 Å². The summed E-state index contributed by atoms with van der Waals surface area (Å²) in [5.41, 5.74) is 5.62. The van der Waals surface area contributed by atoms with Crippen molar-refractivity contribution >= 4 is 5.95 Å². The average Bonchev–Trinajstić information content (AvgIpc) is 2.90. The quantitative estimate of drug-likeness (QED) is 0.765. The van der Waals surface area contributed by atoms with Crippen molar-refractivity contribution in [3.63, 3.8) is 0 Å². The van der Waals surface area contributed by atoms with Crippen LogP contribution in [0.2, 0.25) is 0 Å². The molecule has 3 aromatic rings. The first-order valence-electron chi connectivity index (χ1n) is 7.66. The SMILES string of the molecule is Cc1ccc(-c2cnc(NCc3ccccc3O)n2C)cc1C. The summed E-state index contributed by atoms with van der Waals surface area (Å²) in [5, 5.41) is 13.1. The number of rotatable bonds is 4. The number of benzene rings is 2. The second-order valence-electron chi connectivity index (χ2n) is 5.81. The maximum Gasteiger partial charge on any atom is 0.203 e. The first kappa shape index (κ1) is 15.2. The Morgan fingerprint density at radius 1 is 1.09 bits per heavy atom. The molecule has 2 aromatic carbocycles. The van der Waals surface area contributed by atoms with E-state index in [0.717, 1.165) is 22.8 Å². The number of aryl methyl sites for hydroxylation is 2. The van der Waals surface area contributed by atoms with E-state index in [1.165, 1.54) is 11.1 Å². The highest BCUT2D eigenvalue weighted by molar-refractivity contribution is 5.63. The van der Waals surface area contributed by atoms with Crippen LogP contribution >= 0.6 is 0 Å². The van der Waals surface area contributed by atoms with Gasteiger partial charge < -0.3 is 15.0 Å². The third-order valence-electron chi connectivity index (χ3n) is 4.22. The number of para-hydroxylation sites is 1. The van der Waals surface area contributed by atoms with Crippen LogP contribution in [0, 0.1) is 13.8 Å². The second-order valence-corrected chi connectivity index (χ2v) is 5.81. The van der Waals surface area contributed by atoms with E-state index < -0.39 is 0 Å². The summed E-state index contributed by atoms with van der Waals surface area (Å²) in [4.78, 5) is 4.46. The number of aromatic hydroxyl groups is 1. The Morgan fingerprint density at radius 2 is 1.87 bits per heavy atom. The van der Waals surface area contributed by atoms with Gasteiger partial charge in [-0.3, -0.25) is 0 Å². The van der Waals surface area contributed by atoms with E-state index in [-0.39, 0.29) is 0 Å². The molecule has 1 heterocycles. The minimum Gasteiger partial charge on any atom is -0.508 e. The Hall–Kier alpha value is -2.75. The molecular weight excluding hydrogens is 286 g/mol. The highest BCUT2D eigenvalue weighted by atomic mass is 16.3. The fraction of sp³-hybridized carbons (Fsp3) is 0.211. The van der Waals surface area contributed by atoms with Gasteiger partial charge in [0.1, 0.15) is 5.75 Å². The summed E-state index contributed by atoms with van der Waals surface area (Å²) in [6.07, 6.45) is 1.87. The summed E-state index contributed by atoms with van der Waals surface area (Å²) in [7, 11) is 1.99. The van der Waals surface area contributed by atoms with Crippen LogP contribution in [0.3, 0.4) is 0 Å². The first-order valence-corrected chi connectivity index (χ1v) is 7.66. The van der Waals surface area contributed by atoms with Crippen molar-refractivity contribution in [1.29, 1.82) is 0 Å². The van der Waals surface area contributed by atoms with E-state index in [4.69, 9.17) is 0 Å². The van der Waals surface area contributed by atoms with Gasteiger partial charge in [-0.05, 0) is 37.1 Å². The van der Waals surface area contributed by atoms with Crippen molar-refractivity contribution in [2.24, 2.45) is 7.05 Å². The number of hydrogen-bond acceptors (Lipinski definition) is 3. The third-order valence-corrected chi connectivity index (χ3v) is 4.22. The molecule has 0 atom stereocenters. The van der Waals surface area contributed by atoms with Crippen LogP contribution in [-0.4, -0.2) is 14.7 Å². The summed E-state index contributed by atoms with van der Waals surface area (Å²) in [6, 6.07) is 13.7. The zero-order valence-electron chi connectivity index (χ0n) is 13.7. The Kier molecular flexibility index (Phi) is 4.06. The minimum atomic E-state index is 0.295. The van der Waals surface area contributed by atoms with Crippen LogP contribution in [0.5, 0.6) is 5.75 Å². The smallest absolute Gasteiger partial charge is 0.203 e. The van der Waals surface area contributed by atoms with Crippen molar-refractivity contribution in [3.05, 3.63) is 65.4 Å². The number of phenols is 1. The first-order chi connectivity index (χ1) is 11.1. The maximum absolute atomic E-state index is 9.83. The summed E-state index contributed by atoms with van der Waals surface area (Å²) >= 11 is 0. The highest BCUT2D eigenvalue weighted by Crippen LogP contribution is 2.25. The number of nitrogens with zero attached hydrogens (tertiary/aromatic N) is 2. The number of anilines is 1. The molecule has 3 rings (SSSR count). The van der Waals surface area contributed by atoms with Gasteiger partial charge in [0.05, 0.1) is 11.9 Å². The average molecular weight is 307 g/mol. The van der Waals surface area contributed by atoms with E-state index >= 15 is 0 Å². The lowest BCUT2D eigenvalue weighted by molar-refractivity contribution is 0.469. The van der Waals surface area contributed by atoms with Gasteiger partial charge in [-0.2, -0.15) is 0 Å². The van der Waals surface area contributed by atoms with Crippen LogP contribution in [0.25, 0.3) is 11.3 Å². The third kappa shape index (κ3) is 3.06. The van der Waals surface area contributed by atoms with Gasteiger partial charge in [-0.1, -0.05) is 30.3 Å². The second kappa shape index (κ2) is 6.16. The topological polar surface area (TPSA) is 50.1 Å². The Labute approximate surface area is 136 Å². The number of aromatic nitrogens is 2.